The second-order valence-electron chi connectivity index (χ2n) is 5.33. The van der Waals surface area contributed by atoms with Crippen LogP contribution in [0.1, 0.15) is 10.4 Å². The van der Waals surface area contributed by atoms with Gasteiger partial charge in [0, 0.05) is 38.6 Å². The molecule has 2 aromatic rings. The Morgan fingerprint density at radius 3 is 2.55 bits per heavy atom. The van der Waals surface area contributed by atoms with Gasteiger partial charge in [0.25, 0.3) is 5.91 Å². The number of pyridine rings is 2. The number of carbonyl (C=O) groups is 1. The molecule has 0 bridgehead atoms. The second kappa shape index (κ2) is 6.53. The van der Waals surface area contributed by atoms with Crippen LogP contribution in [-0.4, -0.2) is 54.0 Å². The van der Waals surface area contributed by atoms with Crippen LogP contribution in [-0.2, 0) is 0 Å². The maximum absolute atomic E-state index is 12.5. The molecule has 0 saturated carbocycles. The molecule has 1 N–H and O–H groups in total. The van der Waals surface area contributed by atoms with Gasteiger partial charge in [-0.05, 0) is 31.3 Å². The van der Waals surface area contributed by atoms with Gasteiger partial charge in [-0.2, -0.15) is 0 Å². The predicted octanol–water partition coefficient (Wildman–Crippen LogP) is 1.48. The standard InChI is InChI=1S/C16H19N5O/c1-20-9-11-21(12-10-20)15-13(5-4-8-18-15)16(22)19-14-6-2-3-7-17-14/h2-8H,9-12H2,1H3,(H,17,19,22). The average Bonchev–Trinajstić information content (AvgIpc) is 2.56. The van der Waals surface area contributed by atoms with E-state index in [1.54, 1.807) is 30.6 Å². The third kappa shape index (κ3) is 3.23. The molecule has 0 atom stereocenters. The Morgan fingerprint density at radius 1 is 1.05 bits per heavy atom. The number of likely N-dealkylation sites (N-methyl/N-ethyl adjacent to an activating group) is 1. The molecule has 0 spiro atoms. The van der Waals surface area contributed by atoms with Gasteiger partial charge < -0.3 is 15.1 Å². The molecule has 114 valence electrons. The van der Waals surface area contributed by atoms with E-state index in [9.17, 15) is 4.79 Å². The van der Waals surface area contributed by atoms with Gasteiger partial charge in [-0.3, -0.25) is 4.79 Å². The zero-order valence-electron chi connectivity index (χ0n) is 12.6. The van der Waals surface area contributed by atoms with Crippen molar-refractivity contribution < 1.29 is 4.79 Å². The summed E-state index contributed by atoms with van der Waals surface area (Å²) < 4.78 is 0. The van der Waals surface area contributed by atoms with E-state index < -0.39 is 0 Å². The van der Waals surface area contributed by atoms with Crippen molar-refractivity contribution in [3.05, 3.63) is 48.3 Å². The first-order valence-electron chi connectivity index (χ1n) is 7.35. The highest BCUT2D eigenvalue weighted by Crippen LogP contribution is 2.19. The Labute approximate surface area is 129 Å². The van der Waals surface area contributed by atoms with Crippen LogP contribution in [0.5, 0.6) is 0 Å². The highest BCUT2D eigenvalue weighted by atomic mass is 16.1. The third-order valence-corrected chi connectivity index (χ3v) is 3.74. The minimum absolute atomic E-state index is 0.180. The van der Waals surface area contributed by atoms with Crippen molar-refractivity contribution in [1.29, 1.82) is 0 Å². The lowest BCUT2D eigenvalue weighted by Crippen LogP contribution is -2.45. The summed E-state index contributed by atoms with van der Waals surface area (Å²) in [5, 5.41) is 2.82. The molecule has 1 fully saturated rings. The van der Waals surface area contributed by atoms with Gasteiger partial charge in [0.15, 0.2) is 0 Å². The quantitative estimate of drug-likeness (QED) is 0.930. The van der Waals surface area contributed by atoms with Crippen molar-refractivity contribution >= 4 is 17.5 Å². The molecule has 3 heterocycles. The molecule has 0 unspecified atom stereocenters. The van der Waals surface area contributed by atoms with E-state index >= 15 is 0 Å². The summed E-state index contributed by atoms with van der Waals surface area (Å²) in [5.41, 5.74) is 0.581. The number of nitrogens with zero attached hydrogens (tertiary/aromatic N) is 4. The minimum atomic E-state index is -0.180. The summed E-state index contributed by atoms with van der Waals surface area (Å²) in [4.78, 5) is 25.5. The molecule has 0 radical (unpaired) electrons. The number of hydrogen-bond acceptors (Lipinski definition) is 5. The largest absolute Gasteiger partial charge is 0.353 e. The lowest BCUT2D eigenvalue weighted by Gasteiger charge is -2.33. The summed E-state index contributed by atoms with van der Waals surface area (Å²) in [6.07, 6.45) is 3.38. The van der Waals surface area contributed by atoms with Crippen molar-refractivity contribution in [2.45, 2.75) is 0 Å². The van der Waals surface area contributed by atoms with Crippen LogP contribution in [0.15, 0.2) is 42.7 Å². The fourth-order valence-electron chi connectivity index (χ4n) is 2.46. The maximum atomic E-state index is 12.5. The Morgan fingerprint density at radius 2 is 1.82 bits per heavy atom. The fourth-order valence-corrected chi connectivity index (χ4v) is 2.46. The van der Waals surface area contributed by atoms with E-state index in [0.29, 0.717) is 11.4 Å². The summed E-state index contributed by atoms with van der Waals surface area (Å²) in [6.45, 7) is 3.69. The first-order chi connectivity index (χ1) is 10.7. The SMILES string of the molecule is CN1CCN(c2ncccc2C(=O)Nc2ccccn2)CC1. The zero-order valence-corrected chi connectivity index (χ0v) is 12.6. The third-order valence-electron chi connectivity index (χ3n) is 3.74. The lowest BCUT2D eigenvalue weighted by atomic mass is 10.2. The van der Waals surface area contributed by atoms with Crippen LogP contribution in [0.2, 0.25) is 0 Å². The number of nitrogens with one attached hydrogen (secondary N) is 1. The molecule has 6 heteroatoms. The zero-order chi connectivity index (χ0) is 15.4. The van der Waals surface area contributed by atoms with Crippen LogP contribution < -0.4 is 10.2 Å². The van der Waals surface area contributed by atoms with Gasteiger partial charge in [-0.1, -0.05) is 6.07 Å². The van der Waals surface area contributed by atoms with Crippen LogP contribution in [0.3, 0.4) is 0 Å². The van der Waals surface area contributed by atoms with E-state index in [0.717, 1.165) is 32.0 Å². The lowest BCUT2D eigenvalue weighted by molar-refractivity contribution is 0.102. The minimum Gasteiger partial charge on any atom is -0.353 e. The Balaban J connectivity index is 1.80. The molecule has 1 aliphatic heterocycles. The molecular weight excluding hydrogens is 278 g/mol. The summed E-state index contributed by atoms with van der Waals surface area (Å²) >= 11 is 0. The Kier molecular flexibility index (Phi) is 4.29. The van der Waals surface area contributed by atoms with Crippen molar-refractivity contribution in [2.24, 2.45) is 0 Å². The molecule has 6 nitrogen and oxygen atoms in total. The molecular formula is C16H19N5O. The molecule has 0 aliphatic carbocycles. The maximum Gasteiger partial charge on any atom is 0.260 e. The molecule has 1 amide bonds. The highest BCUT2D eigenvalue weighted by Gasteiger charge is 2.21. The van der Waals surface area contributed by atoms with Crippen molar-refractivity contribution in [3.63, 3.8) is 0 Å². The number of rotatable bonds is 3. The summed E-state index contributed by atoms with van der Waals surface area (Å²) in [5.74, 6) is 1.10. The monoisotopic (exact) mass is 297 g/mol. The number of carbonyl (C=O) groups excluding carboxylic acids is 1. The molecule has 1 saturated heterocycles. The van der Waals surface area contributed by atoms with E-state index in [1.165, 1.54) is 0 Å². The molecule has 22 heavy (non-hydrogen) atoms. The number of aromatic nitrogens is 2. The van der Waals surface area contributed by atoms with Gasteiger partial charge in [0.1, 0.15) is 11.6 Å². The number of piperazine rings is 1. The van der Waals surface area contributed by atoms with Crippen molar-refractivity contribution in [1.82, 2.24) is 14.9 Å². The van der Waals surface area contributed by atoms with Gasteiger partial charge >= 0.3 is 0 Å². The highest BCUT2D eigenvalue weighted by molar-refractivity contribution is 6.07. The number of anilines is 2. The average molecular weight is 297 g/mol. The fraction of sp³-hybridized carbons (Fsp3) is 0.312. The molecule has 0 aromatic carbocycles. The summed E-state index contributed by atoms with van der Waals surface area (Å²) in [7, 11) is 2.10. The molecule has 3 rings (SSSR count). The first kappa shape index (κ1) is 14.5. The van der Waals surface area contributed by atoms with Crippen LogP contribution >= 0.6 is 0 Å². The van der Waals surface area contributed by atoms with Crippen molar-refractivity contribution in [2.75, 3.05) is 43.4 Å². The first-order valence-corrected chi connectivity index (χ1v) is 7.35. The Hall–Kier alpha value is -2.47. The van der Waals surface area contributed by atoms with E-state index in [2.05, 4.69) is 32.1 Å². The topological polar surface area (TPSA) is 61.4 Å². The van der Waals surface area contributed by atoms with Gasteiger partial charge in [-0.25, -0.2) is 9.97 Å². The van der Waals surface area contributed by atoms with E-state index in [1.807, 2.05) is 12.1 Å². The van der Waals surface area contributed by atoms with Crippen LogP contribution in [0.4, 0.5) is 11.6 Å². The van der Waals surface area contributed by atoms with Crippen molar-refractivity contribution in [3.8, 4) is 0 Å². The van der Waals surface area contributed by atoms with E-state index in [-0.39, 0.29) is 5.91 Å². The van der Waals surface area contributed by atoms with Gasteiger partial charge in [-0.15, -0.1) is 0 Å². The molecule has 1 aliphatic rings. The number of amides is 1. The summed E-state index contributed by atoms with van der Waals surface area (Å²) in [6, 6.07) is 9.01. The normalized spacial score (nSPS) is 15.6. The predicted molar refractivity (Wildman–Crippen MR) is 86.1 cm³/mol. The van der Waals surface area contributed by atoms with Gasteiger partial charge in [0.2, 0.25) is 0 Å². The van der Waals surface area contributed by atoms with Crippen LogP contribution in [0, 0.1) is 0 Å². The molecule has 2 aromatic heterocycles. The van der Waals surface area contributed by atoms with Crippen LogP contribution in [0.25, 0.3) is 0 Å². The van der Waals surface area contributed by atoms with Gasteiger partial charge in [0.05, 0.1) is 5.56 Å². The smallest absolute Gasteiger partial charge is 0.260 e. The second-order valence-corrected chi connectivity index (χ2v) is 5.33. The number of hydrogen-bond donors (Lipinski definition) is 1. The van der Waals surface area contributed by atoms with E-state index in [4.69, 9.17) is 0 Å². The Bertz CT molecular complexity index is 638.